The van der Waals surface area contributed by atoms with Crippen LogP contribution in [0.5, 0.6) is 0 Å². The number of hydrogen-bond acceptors (Lipinski definition) is 5. The summed E-state index contributed by atoms with van der Waals surface area (Å²) in [6, 6.07) is 10.1. The molecule has 25 heavy (non-hydrogen) atoms. The quantitative estimate of drug-likeness (QED) is 0.738. The molecular weight excluding hydrogens is 316 g/mol. The fraction of sp³-hybridized carbons (Fsp3) is 0.600. The average Bonchev–Trinajstić information content (AvgIpc) is 3.26. The molecule has 2 fully saturated rings. The van der Waals surface area contributed by atoms with Crippen LogP contribution < -0.4 is 0 Å². The lowest BCUT2D eigenvalue weighted by molar-refractivity contribution is -0.137. The van der Waals surface area contributed by atoms with Gasteiger partial charge in [-0.3, -0.25) is 5.01 Å². The number of hydrogen-bond donors (Lipinski definition) is 0. The van der Waals surface area contributed by atoms with Crippen molar-refractivity contribution in [2.24, 2.45) is 5.10 Å². The molecule has 1 aromatic carbocycles. The Morgan fingerprint density at radius 2 is 2.00 bits per heavy atom. The molecule has 2 atom stereocenters. The Morgan fingerprint density at radius 3 is 2.64 bits per heavy atom. The first-order valence-corrected chi connectivity index (χ1v) is 9.28. The maximum Gasteiger partial charge on any atom is 0.355 e. The Balaban J connectivity index is 1.79. The summed E-state index contributed by atoms with van der Waals surface area (Å²) in [5.74, 6) is -0.296. The van der Waals surface area contributed by atoms with Crippen LogP contribution in [0.15, 0.2) is 35.4 Å². The van der Waals surface area contributed by atoms with Gasteiger partial charge in [0.25, 0.3) is 0 Å². The number of benzene rings is 1. The van der Waals surface area contributed by atoms with E-state index in [1.165, 1.54) is 0 Å². The summed E-state index contributed by atoms with van der Waals surface area (Å²) in [4.78, 5) is 12.3. The molecule has 5 heteroatoms. The van der Waals surface area contributed by atoms with Gasteiger partial charge in [-0.15, -0.1) is 0 Å². The van der Waals surface area contributed by atoms with E-state index in [1.54, 1.807) is 7.11 Å². The second kappa shape index (κ2) is 7.56. The standard InChI is InChI=1S/C20H28N2O3/c1-4-20(5-2,24-3)18-12-9-13-22(18)21-16-14-17(25-19(16)23)15-10-7-6-8-11-15/h6-8,10-11,17-18H,4-5,9,12-14H2,1-3H3/b21-16+/t17-,18-/m0/s1. The van der Waals surface area contributed by atoms with Crippen LogP contribution in [0.3, 0.4) is 0 Å². The number of nitrogens with zero attached hydrogens (tertiary/aromatic N) is 2. The molecular formula is C20H28N2O3. The van der Waals surface area contributed by atoms with Crippen molar-refractivity contribution in [3.8, 4) is 0 Å². The predicted octanol–water partition coefficient (Wildman–Crippen LogP) is 3.70. The van der Waals surface area contributed by atoms with E-state index in [0.29, 0.717) is 12.1 Å². The van der Waals surface area contributed by atoms with E-state index in [1.807, 2.05) is 30.3 Å². The summed E-state index contributed by atoms with van der Waals surface area (Å²) in [7, 11) is 1.78. The lowest BCUT2D eigenvalue weighted by Gasteiger charge is -2.40. The van der Waals surface area contributed by atoms with Crippen molar-refractivity contribution in [3.63, 3.8) is 0 Å². The summed E-state index contributed by atoms with van der Waals surface area (Å²) in [5, 5.41) is 6.79. The third-order valence-corrected chi connectivity index (χ3v) is 5.72. The molecule has 0 aromatic heterocycles. The van der Waals surface area contributed by atoms with E-state index >= 15 is 0 Å². The monoisotopic (exact) mass is 344 g/mol. The molecule has 1 aromatic rings. The number of esters is 1. The first-order valence-electron chi connectivity index (χ1n) is 9.28. The molecule has 136 valence electrons. The van der Waals surface area contributed by atoms with Gasteiger partial charge in [0.1, 0.15) is 11.8 Å². The smallest absolute Gasteiger partial charge is 0.355 e. The molecule has 0 radical (unpaired) electrons. The topological polar surface area (TPSA) is 51.1 Å². The summed E-state index contributed by atoms with van der Waals surface area (Å²) in [6.45, 7) is 5.18. The third-order valence-electron chi connectivity index (χ3n) is 5.72. The highest BCUT2D eigenvalue weighted by atomic mass is 16.6. The zero-order chi connectivity index (χ0) is 17.9. The van der Waals surface area contributed by atoms with Crippen LogP contribution in [0.2, 0.25) is 0 Å². The molecule has 0 spiro atoms. The Bertz CT molecular complexity index is 617. The van der Waals surface area contributed by atoms with Gasteiger partial charge in [-0.1, -0.05) is 44.2 Å². The Hall–Kier alpha value is -1.88. The first-order chi connectivity index (χ1) is 12.1. The highest BCUT2D eigenvalue weighted by Gasteiger charge is 2.43. The van der Waals surface area contributed by atoms with Crippen LogP contribution in [0, 0.1) is 0 Å². The van der Waals surface area contributed by atoms with E-state index < -0.39 is 0 Å². The number of cyclic esters (lactones) is 1. The summed E-state index contributed by atoms with van der Waals surface area (Å²) < 4.78 is 11.4. The van der Waals surface area contributed by atoms with E-state index in [0.717, 1.165) is 37.8 Å². The minimum atomic E-state index is -0.296. The van der Waals surface area contributed by atoms with Gasteiger partial charge in [0.15, 0.2) is 0 Å². The first kappa shape index (κ1) is 17.9. The summed E-state index contributed by atoms with van der Waals surface area (Å²) in [5.41, 5.74) is 1.34. The Kier molecular flexibility index (Phi) is 5.42. The fourth-order valence-corrected chi connectivity index (χ4v) is 4.14. The highest BCUT2D eigenvalue weighted by molar-refractivity contribution is 6.38. The molecule has 0 amide bonds. The van der Waals surface area contributed by atoms with Crippen molar-refractivity contribution in [1.82, 2.24) is 5.01 Å². The second-order valence-electron chi connectivity index (χ2n) is 6.85. The van der Waals surface area contributed by atoms with E-state index in [4.69, 9.17) is 14.6 Å². The van der Waals surface area contributed by atoms with Gasteiger partial charge in [-0.2, -0.15) is 5.10 Å². The van der Waals surface area contributed by atoms with Crippen LogP contribution in [-0.4, -0.2) is 42.0 Å². The van der Waals surface area contributed by atoms with E-state index in [-0.39, 0.29) is 23.7 Å². The largest absolute Gasteiger partial charge is 0.453 e. The predicted molar refractivity (Wildman–Crippen MR) is 97.4 cm³/mol. The number of ether oxygens (including phenoxy) is 2. The van der Waals surface area contributed by atoms with Crippen LogP contribution >= 0.6 is 0 Å². The van der Waals surface area contributed by atoms with E-state index in [9.17, 15) is 4.79 Å². The molecule has 3 rings (SSSR count). The lowest BCUT2D eigenvalue weighted by atomic mass is 9.87. The zero-order valence-corrected chi connectivity index (χ0v) is 15.4. The fourth-order valence-electron chi connectivity index (χ4n) is 4.14. The maximum absolute atomic E-state index is 12.3. The zero-order valence-electron chi connectivity index (χ0n) is 15.4. The van der Waals surface area contributed by atoms with Gasteiger partial charge in [0.2, 0.25) is 0 Å². The van der Waals surface area contributed by atoms with Crippen molar-refractivity contribution in [1.29, 1.82) is 0 Å². The van der Waals surface area contributed by atoms with Crippen molar-refractivity contribution in [2.45, 2.75) is 63.7 Å². The number of hydrazone groups is 1. The molecule has 0 N–H and O–H groups in total. The molecule has 5 nitrogen and oxygen atoms in total. The number of methoxy groups -OCH3 is 1. The van der Waals surface area contributed by atoms with Crippen molar-refractivity contribution >= 4 is 11.7 Å². The molecule has 2 aliphatic heterocycles. The highest BCUT2D eigenvalue weighted by Crippen LogP contribution is 2.36. The van der Waals surface area contributed by atoms with Crippen LogP contribution in [0.1, 0.15) is 57.6 Å². The Labute approximate surface area is 150 Å². The van der Waals surface area contributed by atoms with Gasteiger partial charge in [0, 0.05) is 20.1 Å². The van der Waals surface area contributed by atoms with E-state index in [2.05, 4.69) is 18.9 Å². The van der Waals surface area contributed by atoms with Crippen LogP contribution in [-0.2, 0) is 14.3 Å². The van der Waals surface area contributed by atoms with Crippen molar-refractivity contribution < 1.29 is 14.3 Å². The van der Waals surface area contributed by atoms with Gasteiger partial charge in [-0.05, 0) is 31.2 Å². The molecule has 0 saturated carbocycles. The van der Waals surface area contributed by atoms with Crippen LogP contribution in [0.25, 0.3) is 0 Å². The van der Waals surface area contributed by atoms with Gasteiger partial charge in [-0.25, -0.2) is 4.79 Å². The van der Waals surface area contributed by atoms with Crippen molar-refractivity contribution in [2.75, 3.05) is 13.7 Å². The minimum Gasteiger partial charge on any atom is -0.453 e. The molecule has 2 aliphatic rings. The third kappa shape index (κ3) is 3.43. The second-order valence-corrected chi connectivity index (χ2v) is 6.85. The maximum atomic E-state index is 12.3. The van der Waals surface area contributed by atoms with Gasteiger partial charge < -0.3 is 9.47 Å². The van der Waals surface area contributed by atoms with Crippen LogP contribution in [0.4, 0.5) is 0 Å². The summed E-state index contributed by atoms with van der Waals surface area (Å²) in [6.07, 6.45) is 4.29. The molecule has 2 saturated heterocycles. The molecule has 0 bridgehead atoms. The number of carbonyl (C=O) groups is 1. The minimum absolute atomic E-state index is 0.206. The van der Waals surface area contributed by atoms with Gasteiger partial charge in [0.05, 0.1) is 11.6 Å². The average molecular weight is 344 g/mol. The SMILES string of the molecule is CCC(CC)(OC)[C@@H]1CCCN1/N=C1\C[C@@H](c2ccccc2)OC1=O. The molecule has 2 heterocycles. The summed E-state index contributed by atoms with van der Waals surface area (Å²) >= 11 is 0. The molecule has 0 aliphatic carbocycles. The van der Waals surface area contributed by atoms with Crippen molar-refractivity contribution in [3.05, 3.63) is 35.9 Å². The Morgan fingerprint density at radius 1 is 1.28 bits per heavy atom. The molecule has 0 unspecified atom stereocenters. The number of carbonyl (C=O) groups excluding carboxylic acids is 1. The lowest BCUT2D eigenvalue weighted by Crippen LogP contribution is -2.49. The van der Waals surface area contributed by atoms with Gasteiger partial charge >= 0.3 is 5.97 Å². The number of rotatable bonds is 6. The normalized spacial score (nSPS) is 25.6.